The molecule has 2 rings (SSSR count). The van der Waals surface area contributed by atoms with Gasteiger partial charge in [0.2, 0.25) is 0 Å². The second kappa shape index (κ2) is 6.83. The molecule has 0 heterocycles. The molecule has 0 fully saturated rings. The van der Waals surface area contributed by atoms with E-state index in [1.54, 1.807) is 6.07 Å². The van der Waals surface area contributed by atoms with Crippen molar-refractivity contribution < 1.29 is 4.39 Å². The summed E-state index contributed by atoms with van der Waals surface area (Å²) >= 11 is 6.90. The molecule has 0 bridgehead atoms. The fraction of sp³-hybridized carbons (Fsp3) is 0.250. The molecule has 1 unspecified atom stereocenters. The first-order valence-electron chi connectivity index (χ1n) is 6.38. The zero-order chi connectivity index (χ0) is 14.7. The zero-order valence-corrected chi connectivity index (χ0v) is 14.6. The Morgan fingerprint density at radius 3 is 2.60 bits per heavy atom. The summed E-state index contributed by atoms with van der Waals surface area (Å²) < 4.78 is 15.3. The monoisotopic (exact) mass is 399 g/mol. The van der Waals surface area contributed by atoms with Crippen LogP contribution in [0.15, 0.2) is 45.3 Å². The van der Waals surface area contributed by atoms with Gasteiger partial charge in [0.1, 0.15) is 5.82 Å². The van der Waals surface area contributed by atoms with Gasteiger partial charge in [-0.15, -0.1) is 0 Å². The average molecular weight is 401 g/mol. The lowest BCUT2D eigenvalue weighted by Gasteiger charge is -2.20. The van der Waals surface area contributed by atoms with Gasteiger partial charge < -0.3 is 5.32 Å². The summed E-state index contributed by atoms with van der Waals surface area (Å²) in [6.45, 7) is 2.09. The molecule has 2 aromatic carbocycles. The van der Waals surface area contributed by atoms with Crippen molar-refractivity contribution in [3.8, 4) is 0 Å². The van der Waals surface area contributed by atoms with Gasteiger partial charge in [0.05, 0.1) is 0 Å². The molecule has 0 saturated heterocycles. The molecule has 0 saturated carbocycles. The Labute approximate surface area is 135 Å². The van der Waals surface area contributed by atoms with Crippen LogP contribution in [0.4, 0.5) is 4.39 Å². The molecule has 4 heteroatoms. The van der Waals surface area contributed by atoms with Crippen LogP contribution in [0.3, 0.4) is 0 Å². The first-order chi connectivity index (χ1) is 9.51. The second-order valence-corrected chi connectivity index (χ2v) is 6.55. The topological polar surface area (TPSA) is 12.0 Å². The molecular weight excluding hydrogens is 385 g/mol. The number of likely N-dealkylation sites (N-methyl/N-ethyl adjacent to an activating group) is 1. The van der Waals surface area contributed by atoms with Gasteiger partial charge in [0.15, 0.2) is 0 Å². The van der Waals surface area contributed by atoms with E-state index < -0.39 is 0 Å². The van der Waals surface area contributed by atoms with Crippen molar-refractivity contribution >= 4 is 31.9 Å². The molecule has 106 valence electrons. The second-order valence-electron chi connectivity index (χ2n) is 4.78. The van der Waals surface area contributed by atoms with Gasteiger partial charge in [-0.2, -0.15) is 0 Å². The molecule has 2 aromatic rings. The Bertz CT molecular complexity index is 593. The van der Waals surface area contributed by atoms with E-state index in [0.29, 0.717) is 0 Å². The Morgan fingerprint density at radius 2 is 1.95 bits per heavy atom. The summed E-state index contributed by atoms with van der Waals surface area (Å²) in [5, 5.41) is 3.32. The lowest BCUT2D eigenvalue weighted by atomic mass is 9.95. The Hall–Kier alpha value is -0.710. The van der Waals surface area contributed by atoms with E-state index in [1.165, 1.54) is 17.2 Å². The largest absolute Gasteiger partial charge is 0.313 e. The standard InChI is InChI=1S/C16H16Br2FN/c1-10-14(4-3-5-15(10)18)16(20-2)8-11-6-12(17)9-13(19)7-11/h3-7,9,16,20H,8H2,1-2H3. The predicted molar refractivity (Wildman–Crippen MR) is 88.5 cm³/mol. The van der Waals surface area contributed by atoms with Crippen LogP contribution in [0, 0.1) is 12.7 Å². The Morgan fingerprint density at radius 1 is 1.20 bits per heavy atom. The summed E-state index contributed by atoms with van der Waals surface area (Å²) in [7, 11) is 1.93. The highest BCUT2D eigenvalue weighted by Crippen LogP contribution is 2.27. The zero-order valence-electron chi connectivity index (χ0n) is 11.4. The number of hydrogen-bond acceptors (Lipinski definition) is 1. The molecule has 1 atom stereocenters. The van der Waals surface area contributed by atoms with E-state index in [9.17, 15) is 4.39 Å². The van der Waals surface area contributed by atoms with Crippen molar-refractivity contribution in [1.82, 2.24) is 5.32 Å². The molecule has 0 radical (unpaired) electrons. The maximum atomic E-state index is 13.5. The first kappa shape index (κ1) is 15.7. The van der Waals surface area contributed by atoms with Crippen molar-refractivity contribution in [2.75, 3.05) is 7.05 Å². The van der Waals surface area contributed by atoms with Crippen molar-refractivity contribution in [2.24, 2.45) is 0 Å². The minimum Gasteiger partial charge on any atom is -0.313 e. The number of halogens is 3. The molecule has 1 nitrogen and oxygen atoms in total. The van der Waals surface area contributed by atoms with Crippen LogP contribution < -0.4 is 5.32 Å². The van der Waals surface area contributed by atoms with Gasteiger partial charge in [-0.25, -0.2) is 4.39 Å². The lowest BCUT2D eigenvalue weighted by Crippen LogP contribution is -2.20. The fourth-order valence-corrected chi connectivity index (χ4v) is 3.23. The van der Waals surface area contributed by atoms with Crippen LogP contribution in [-0.2, 0) is 6.42 Å². The molecule has 20 heavy (non-hydrogen) atoms. The highest BCUT2D eigenvalue weighted by molar-refractivity contribution is 9.10. The minimum absolute atomic E-state index is 0.154. The highest BCUT2D eigenvalue weighted by Gasteiger charge is 2.14. The Kier molecular flexibility index (Phi) is 5.35. The van der Waals surface area contributed by atoms with Crippen molar-refractivity contribution in [3.05, 3.63) is 67.9 Å². The van der Waals surface area contributed by atoms with Crippen molar-refractivity contribution in [3.63, 3.8) is 0 Å². The maximum absolute atomic E-state index is 13.5. The summed E-state index contributed by atoms with van der Waals surface area (Å²) in [5.41, 5.74) is 3.40. The van der Waals surface area contributed by atoms with E-state index in [0.717, 1.165) is 20.9 Å². The molecular formula is C16H16Br2FN. The molecule has 0 amide bonds. The van der Waals surface area contributed by atoms with Crippen LogP contribution in [0.2, 0.25) is 0 Å². The minimum atomic E-state index is -0.213. The summed E-state index contributed by atoms with van der Waals surface area (Å²) in [6, 6.07) is 11.3. The number of hydrogen-bond donors (Lipinski definition) is 1. The molecule has 0 aliphatic rings. The third kappa shape index (κ3) is 3.68. The van der Waals surface area contributed by atoms with Gasteiger partial charge in [0.25, 0.3) is 0 Å². The van der Waals surface area contributed by atoms with Gasteiger partial charge in [0, 0.05) is 15.0 Å². The SMILES string of the molecule is CNC(Cc1cc(F)cc(Br)c1)c1cccc(Br)c1C. The van der Waals surface area contributed by atoms with E-state index >= 15 is 0 Å². The molecule has 1 N–H and O–H groups in total. The normalized spacial score (nSPS) is 12.4. The maximum Gasteiger partial charge on any atom is 0.124 e. The van der Waals surface area contributed by atoms with E-state index in [-0.39, 0.29) is 11.9 Å². The molecule has 0 aliphatic heterocycles. The fourth-order valence-electron chi connectivity index (χ4n) is 2.33. The van der Waals surface area contributed by atoms with Crippen LogP contribution >= 0.6 is 31.9 Å². The van der Waals surface area contributed by atoms with Crippen molar-refractivity contribution in [1.29, 1.82) is 0 Å². The van der Waals surface area contributed by atoms with Crippen LogP contribution in [-0.4, -0.2) is 7.05 Å². The van der Waals surface area contributed by atoms with Crippen molar-refractivity contribution in [2.45, 2.75) is 19.4 Å². The molecule has 0 aliphatic carbocycles. The number of benzene rings is 2. The van der Waals surface area contributed by atoms with Crippen LogP contribution in [0.1, 0.15) is 22.7 Å². The van der Waals surface area contributed by atoms with E-state index in [1.807, 2.05) is 25.2 Å². The van der Waals surface area contributed by atoms with Gasteiger partial charge >= 0.3 is 0 Å². The molecule has 0 aromatic heterocycles. The van der Waals surface area contributed by atoms with Crippen LogP contribution in [0.5, 0.6) is 0 Å². The predicted octanol–water partition coefficient (Wildman–Crippen LogP) is 5.16. The third-order valence-corrected chi connectivity index (χ3v) is 4.71. The molecule has 0 spiro atoms. The van der Waals surface area contributed by atoms with E-state index in [4.69, 9.17) is 0 Å². The summed E-state index contributed by atoms with van der Waals surface area (Å²) in [5.74, 6) is -0.213. The van der Waals surface area contributed by atoms with Gasteiger partial charge in [-0.3, -0.25) is 0 Å². The number of rotatable bonds is 4. The lowest BCUT2D eigenvalue weighted by molar-refractivity contribution is 0.581. The quantitative estimate of drug-likeness (QED) is 0.747. The average Bonchev–Trinajstić information content (AvgIpc) is 2.38. The highest BCUT2D eigenvalue weighted by atomic mass is 79.9. The summed E-state index contributed by atoms with van der Waals surface area (Å²) in [6.07, 6.45) is 0.740. The Balaban J connectivity index is 2.31. The third-order valence-electron chi connectivity index (χ3n) is 3.40. The van der Waals surface area contributed by atoms with Gasteiger partial charge in [-0.05, 0) is 61.3 Å². The van der Waals surface area contributed by atoms with E-state index in [2.05, 4.69) is 50.2 Å². The summed E-state index contributed by atoms with van der Waals surface area (Å²) in [4.78, 5) is 0. The van der Waals surface area contributed by atoms with Crippen LogP contribution in [0.25, 0.3) is 0 Å². The van der Waals surface area contributed by atoms with Gasteiger partial charge in [-0.1, -0.05) is 44.0 Å². The first-order valence-corrected chi connectivity index (χ1v) is 7.97. The number of nitrogens with one attached hydrogen (secondary N) is 1. The smallest absolute Gasteiger partial charge is 0.124 e.